The predicted octanol–water partition coefficient (Wildman–Crippen LogP) is 3.09. The minimum atomic E-state index is -3.70. The lowest BCUT2D eigenvalue weighted by Crippen LogP contribution is -2.28. The Morgan fingerprint density at radius 1 is 1.35 bits per heavy atom. The van der Waals surface area contributed by atoms with Crippen molar-refractivity contribution in [3.05, 3.63) is 36.1 Å². The first-order chi connectivity index (χ1) is 8.00. The number of rotatable bonds is 4. The van der Waals surface area contributed by atoms with Crippen LogP contribution in [0, 0.1) is 0 Å². The third-order valence-electron chi connectivity index (χ3n) is 2.58. The maximum Gasteiger partial charge on any atom is 0.374 e. The van der Waals surface area contributed by atoms with E-state index in [0.717, 1.165) is 5.39 Å². The molecule has 90 valence electrons. The van der Waals surface area contributed by atoms with Crippen molar-refractivity contribution < 1.29 is 23.1 Å². The summed E-state index contributed by atoms with van der Waals surface area (Å²) in [6.45, 7) is 0. The monoisotopic (exact) mass is 240 g/mol. The first-order valence-electron chi connectivity index (χ1n) is 5.07. The van der Waals surface area contributed by atoms with Crippen molar-refractivity contribution in [2.45, 2.75) is 18.8 Å². The van der Waals surface area contributed by atoms with Gasteiger partial charge in [-0.1, -0.05) is 18.2 Å². The van der Waals surface area contributed by atoms with Crippen molar-refractivity contribution in [1.82, 2.24) is 0 Å². The number of carboxylic acids is 1. The van der Waals surface area contributed by atoms with Crippen LogP contribution in [0.2, 0.25) is 0 Å². The van der Waals surface area contributed by atoms with Crippen LogP contribution in [-0.2, 0) is 11.2 Å². The van der Waals surface area contributed by atoms with E-state index < -0.39 is 18.3 Å². The summed E-state index contributed by atoms with van der Waals surface area (Å²) in [5.74, 6) is -5.79. The molecule has 1 aromatic heterocycles. The molecule has 0 fully saturated rings. The lowest BCUT2D eigenvalue weighted by molar-refractivity contribution is -0.165. The maximum absolute atomic E-state index is 12.9. The van der Waals surface area contributed by atoms with E-state index in [1.807, 2.05) is 0 Å². The number of furan rings is 1. The highest BCUT2D eigenvalue weighted by Gasteiger charge is 2.38. The molecule has 3 nitrogen and oxygen atoms in total. The van der Waals surface area contributed by atoms with Crippen molar-refractivity contribution in [2.24, 2.45) is 0 Å². The highest BCUT2D eigenvalue weighted by molar-refractivity contribution is 5.81. The van der Waals surface area contributed by atoms with E-state index in [2.05, 4.69) is 0 Å². The van der Waals surface area contributed by atoms with Crippen molar-refractivity contribution in [2.75, 3.05) is 0 Å². The Hall–Kier alpha value is -1.91. The summed E-state index contributed by atoms with van der Waals surface area (Å²) in [6, 6.07) is 7.04. The summed E-state index contributed by atoms with van der Waals surface area (Å²) < 4.78 is 31.0. The molecule has 0 aliphatic carbocycles. The second-order valence-electron chi connectivity index (χ2n) is 3.77. The van der Waals surface area contributed by atoms with Gasteiger partial charge >= 0.3 is 11.9 Å². The number of benzene rings is 1. The van der Waals surface area contributed by atoms with E-state index >= 15 is 0 Å². The zero-order chi connectivity index (χ0) is 12.5. The van der Waals surface area contributed by atoms with Crippen LogP contribution < -0.4 is 0 Å². The lowest BCUT2D eigenvalue weighted by atomic mass is 10.1. The molecule has 0 spiro atoms. The minimum absolute atomic E-state index is 0.0314. The molecule has 0 radical (unpaired) electrons. The van der Waals surface area contributed by atoms with Crippen molar-refractivity contribution in [3.8, 4) is 0 Å². The van der Waals surface area contributed by atoms with E-state index in [4.69, 9.17) is 9.52 Å². The average Bonchev–Trinajstić information content (AvgIpc) is 2.69. The Kier molecular flexibility index (Phi) is 2.83. The van der Waals surface area contributed by atoms with Crippen LogP contribution in [0.1, 0.15) is 12.0 Å². The zero-order valence-corrected chi connectivity index (χ0v) is 8.82. The quantitative estimate of drug-likeness (QED) is 0.893. The van der Waals surface area contributed by atoms with Gasteiger partial charge in [-0.15, -0.1) is 0 Å². The smallest absolute Gasteiger partial charge is 0.374 e. The van der Waals surface area contributed by atoms with Crippen LogP contribution in [0.5, 0.6) is 0 Å². The molecule has 0 saturated carbocycles. The van der Waals surface area contributed by atoms with Gasteiger partial charge in [0.2, 0.25) is 0 Å². The molecule has 0 aliphatic heterocycles. The molecule has 0 unspecified atom stereocenters. The Labute approximate surface area is 95.7 Å². The van der Waals surface area contributed by atoms with Gasteiger partial charge in [0.15, 0.2) is 0 Å². The number of hydrogen-bond donors (Lipinski definition) is 1. The third-order valence-corrected chi connectivity index (χ3v) is 2.58. The highest BCUT2D eigenvalue weighted by atomic mass is 19.3. The number of fused-ring (bicyclic) bond motifs is 1. The zero-order valence-electron chi connectivity index (χ0n) is 8.82. The molecule has 0 aliphatic rings. The number of aliphatic carboxylic acids is 1. The molecule has 0 atom stereocenters. The second-order valence-corrected chi connectivity index (χ2v) is 3.77. The molecule has 0 amide bonds. The number of para-hydroxylation sites is 1. The van der Waals surface area contributed by atoms with Gasteiger partial charge < -0.3 is 9.52 Å². The van der Waals surface area contributed by atoms with Crippen LogP contribution >= 0.6 is 0 Å². The van der Waals surface area contributed by atoms with Gasteiger partial charge in [-0.25, -0.2) is 4.79 Å². The molecule has 1 N–H and O–H groups in total. The SMILES string of the molecule is O=C(O)C(F)(F)CCc1coc2ccccc12. The maximum atomic E-state index is 12.9. The van der Waals surface area contributed by atoms with Gasteiger partial charge in [-0.05, 0) is 18.1 Å². The van der Waals surface area contributed by atoms with Crippen LogP contribution in [0.25, 0.3) is 11.0 Å². The van der Waals surface area contributed by atoms with E-state index in [0.29, 0.717) is 11.1 Å². The van der Waals surface area contributed by atoms with Gasteiger partial charge in [-0.2, -0.15) is 8.78 Å². The summed E-state index contributed by atoms with van der Waals surface area (Å²) in [5, 5.41) is 9.05. The fraction of sp³-hybridized carbons (Fsp3) is 0.250. The van der Waals surface area contributed by atoms with E-state index in [9.17, 15) is 13.6 Å². The van der Waals surface area contributed by atoms with Gasteiger partial charge in [0.05, 0.1) is 6.26 Å². The van der Waals surface area contributed by atoms with E-state index in [-0.39, 0.29) is 6.42 Å². The normalized spacial score (nSPS) is 11.9. The predicted molar refractivity (Wildman–Crippen MR) is 57.1 cm³/mol. The summed E-state index contributed by atoms with van der Waals surface area (Å²) in [5.41, 5.74) is 1.21. The summed E-state index contributed by atoms with van der Waals surface area (Å²) in [4.78, 5) is 10.3. The highest BCUT2D eigenvalue weighted by Crippen LogP contribution is 2.26. The van der Waals surface area contributed by atoms with Crippen molar-refractivity contribution in [3.63, 3.8) is 0 Å². The minimum Gasteiger partial charge on any atom is -0.477 e. The van der Waals surface area contributed by atoms with Crippen LogP contribution in [0.15, 0.2) is 34.9 Å². The van der Waals surface area contributed by atoms with Crippen LogP contribution in [0.4, 0.5) is 8.78 Å². The summed E-state index contributed by atoms with van der Waals surface area (Å²) >= 11 is 0. The molecule has 1 aromatic carbocycles. The van der Waals surface area contributed by atoms with Crippen molar-refractivity contribution >= 4 is 16.9 Å². The fourth-order valence-electron chi connectivity index (χ4n) is 1.62. The second kappa shape index (κ2) is 4.16. The number of alkyl halides is 2. The van der Waals surface area contributed by atoms with Gasteiger partial charge in [0.1, 0.15) is 5.58 Å². The van der Waals surface area contributed by atoms with Crippen LogP contribution in [-0.4, -0.2) is 17.0 Å². The van der Waals surface area contributed by atoms with E-state index in [1.54, 1.807) is 24.3 Å². The molecular formula is C12H10F2O3. The molecule has 5 heteroatoms. The lowest BCUT2D eigenvalue weighted by Gasteiger charge is -2.09. The third kappa shape index (κ3) is 2.27. The molecular weight excluding hydrogens is 230 g/mol. The first kappa shape index (κ1) is 11.6. The van der Waals surface area contributed by atoms with E-state index in [1.165, 1.54) is 6.26 Å². The molecule has 17 heavy (non-hydrogen) atoms. The molecule has 2 rings (SSSR count). The fourth-order valence-corrected chi connectivity index (χ4v) is 1.62. The number of halogens is 2. The first-order valence-corrected chi connectivity index (χ1v) is 5.07. The average molecular weight is 240 g/mol. The number of carboxylic acid groups (broad SMARTS) is 1. The molecule has 2 aromatic rings. The van der Waals surface area contributed by atoms with Gasteiger partial charge in [0.25, 0.3) is 0 Å². The number of hydrogen-bond acceptors (Lipinski definition) is 2. The summed E-state index contributed by atoms with van der Waals surface area (Å²) in [6.07, 6.45) is 0.630. The van der Waals surface area contributed by atoms with Gasteiger partial charge in [0, 0.05) is 11.8 Å². The number of aryl methyl sites for hydroxylation is 1. The summed E-state index contributed by atoms with van der Waals surface area (Å²) in [7, 11) is 0. The Bertz CT molecular complexity index is 545. The topological polar surface area (TPSA) is 50.4 Å². The van der Waals surface area contributed by atoms with Gasteiger partial charge in [-0.3, -0.25) is 0 Å². The number of carbonyl (C=O) groups is 1. The van der Waals surface area contributed by atoms with Crippen LogP contribution in [0.3, 0.4) is 0 Å². The molecule has 0 saturated heterocycles. The standard InChI is InChI=1S/C12H10F2O3/c13-12(14,11(15)16)6-5-8-7-17-10-4-2-1-3-9(8)10/h1-4,7H,5-6H2,(H,15,16). The Balaban J connectivity index is 2.17. The van der Waals surface area contributed by atoms with Crippen molar-refractivity contribution in [1.29, 1.82) is 0 Å². The molecule has 0 bridgehead atoms. The Morgan fingerprint density at radius 3 is 2.76 bits per heavy atom. The largest absolute Gasteiger partial charge is 0.477 e. The molecule has 1 heterocycles. The Morgan fingerprint density at radius 2 is 2.06 bits per heavy atom.